The van der Waals surface area contributed by atoms with E-state index < -0.39 is 29.6 Å². The molecule has 2 aromatic carbocycles. The second-order valence-electron chi connectivity index (χ2n) is 6.65. The monoisotopic (exact) mass is 424 g/mol. The van der Waals surface area contributed by atoms with Crippen LogP contribution in [-0.4, -0.2) is 37.1 Å². The van der Waals surface area contributed by atoms with Crippen LogP contribution in [0, 0.1) is 17.6 Å². The van der Waals surface area contributed by atoms with E-state index in [9.17, 15) is 23.5 Å². The number of hydrogen-bond acceptors (Lipinski definition) is 4. The van der Waals surface area contributed by atoms with Gasteiger partial charge in [0.15, 0.2) is 0 Å². The molecule has 3 rings (SSSR count). The first-order valence-corrected chi connectivity index (χ1v) is 9.22. The second-order valence-corrected chi connectivity index (χ2v) is 7.08. The fraction of sp³-hybridized carbons (Fsp3) is 0.300. The molecule has 0 saturated carbocycles. The first-order chi connectivity index (χ1) is 13.8. The Labute approximate surface area is 171 Å². The van der Waals surface area contributed by atoms with Crippen molar-refractivity contribution >= 4 is 29.1 Å². The smallest absolute Gasteiger partial charge is 0.227 e. The van der Waals surface area contributed by atoms with Gasteiger partial charge in [0.25, 0.3) is 0 Å². The van der Waals surface area contributed by atoms with Gasteiger partial charge in [-0.05, 0) is 24.3 Å². The van der Waals surface area contributed by atoms with Gasteiger partial charge in [0.05, 0.1) is 24.8 Å². The molecule has 1 heterocycles. The van der Waals surface area contributed by atoms with Crippen LogP contribution in [0.3, 0.4) is 0 Å². The summed E-state index contributed by atoms with van der Waals surface area (Å²) in [7, 11) is 1.47. The normalized spacial score (nSPS) is 17.3. The minimum Gasteiger partial charge on any atom is -0.495 e. The minimum atomic E-state index is -1.35. The number of amides is 2. The van der Waals surface area contributed by atoms with Gasteiger partial charge < -0.3 is 20.1 Å². The molecule has 2 N–H and O–H groups in total. The summed E-state index contributed by atoms with van der Waals surface area (Å²) in [5.74, 6) is -2.59. The number of aliphatic hydroxyl groups excluding tert-OH is 1. The van der Waals surface area contributed by atoms with Crippen LogP contribution in [0.5, 0.6) is 5.75 Å². The van der Waals surface area contributed by atoms with Crippen molar-refractivity contribution in [3.05, 3.63) is 58.6 Å². The van der Waals surface area contributed by atoms with Gasteiger partial charge in [-0.1, -0.05) is 17.7 Å². The van der Waals surface area contributed by atoms with E-state index in [0.29, 0.717) is 22.5 Å². The van der Waals surface area contributed by atoms with Crippen molar-refractivity contribution in [3.8, 4) is 5.75 Å². The molecule has 0 radical (unpaired) electrons. The average Bonchev–Trinajstić information content (AvgIpc) is 3.07. The molecule has 6 nitrogen and oxygen atoms in total. The van der Waals surface area contributed by atoms with Crippen molar-refractivity contribution in [3.63, 3.8) is 0 Å². The van der Waals surface area contributed by atoms with E-state index in [-0.39, 0.29) is 31.0 Å². The average molecular weight is 425 g/mol. The van der Waals surface area contributed by atoms with Crippen LogP contribution in [0.2, 0.25) is 5.02 Å². The lowest BCUT2D eigenvalue weighted by atomic mass is 10.1. The lowest BCUT2D eigenvalue weighted by Gasteiger charge is -2.20. The summed E-state index contributed by atoms with van der Waals surface area (Å²) in [6.07, 6.45) is -1.37. The van der Waals surface area contributed by atoms with Crippen molar-refractivity contribution in [1.82, 2.24) is 5.32 Å². The zero-order valence-corrected chi connectivity index (χ0v) is 16.2. The van der Waals surface area contributed by atoms with Crippen LogP contribution in [-0.2, 0) is 9.59 Å². The maximum absolute atomic E-state index is 13.7. The molecular weight excluding hydrogens is 406 g/mol. The molecule has 1 aliphatic rings. The minimum absolute atomic E-state index is 0.0253. The number of anilines is 1. The Kier molecular flexibility index (Phi) is 6.34. The zero-order valence-electron chi connectivity index (χ0n) is 15.5. The number of nitrogens with zero attached hydrogens (tertiary/aromatic N) is 1. The Morgan fingerprint density at radius 3 is 2.79 bits per heavy atom. The van der Waals surface area contributed by atoms with E-state index >= 15 is 0 Å². The SMILES string of the molecule is COc1ccc(Cl)cc1N1CC(C(=O)NCC(O)c2ccc(F)cc2F)CC1=O. The topological polar surface area (TPSA) is 78.9 Å². The molecule has 0 aliphatic carbocycles. The molecular formula is C20H19ClF2N2O4. The number of carbonyl (C=O) groups excluding carboxylic acids is 2. The van der Waals surface area contributed by atoms with Gasteiger partial charge in [-0.15, -0.1) is 0 Å². The molecule has 154 valence electrons. The van der Waals surface area contributed by atoms with E-state index in [1.165, 1.54) is 12.0 Å². The zero-order chi connectivity index (χ0) is 21.1. The predicted molar refractivity (Wildman–Crippen MR) is 103 cm³/mol. The van der Waals surface area contributed by atoms with Crippen LogP contribution >= 0.6 is 11.6 Å². The van der Waals surface area contributed by atoms with Crippen molar-refractivity contribution in [2.45, 2.75) is 12.5 Å². The molecule has 0 bridgehead atoms. The van der Waals surface area contributed by atoms with Crippen LogP contribution < -0.4 is 15.0 Å². The number of nitrogens with one attached hydrogen (secondary N) is 1. The second kappa shape index (κ2) is 8.75. The third-order valence-corrected chi connectivity index (χ3v) is 4.95. The number of rotatable bonds is 6. The first-order valence-electron chi connectivity index (χ1n) is 8.84. The molecule has 1 fully saturated rings. The quantitative estimate of drug-likeness (QED) is 0.747. The van der Waals surface area contributed by atoms with Crippen molar-refractivity contribution in [2.75, 3.05) is 25.1 Å². The number of methoxy groups -OCH3 is 1. The number of hydrogen-bond donors (Lipinski definition) is 2. The van der Waals surface area contributed by atoms with Gasteiger partial charge in [-0.3, -0.25) is 9.59 Å². The summed E-state index contributed by atoms with van der Waals surface area (Å²) in [5.41, 5.74) is 0.341. The highest BCUT2D eigenvalue weighted by atomic mass is 35.5. The van der Waals surface area contributed by atoms with Crippen LogP contribution in [0.1, 0.15) is 18.1 Å². The molecule has 1 saturated heterocycles. The van der Waals surface area contributed by atoms with Crippen LogP contribution in [0.4, 0.5) is 14.5 Å². The van der Waals surface area contributed by atoms with Gasteiger partial charge in [-0.2, -0.15) is 0 Å². The van der Waals surface area contributed by atoms with E-state index in [2.05, 4.69) is 5.32 Å². The largest absolute Gasteiger partial charge is 0.495 e. The standard InChI is InChI=1S/C20H19ClF2N2O4/c1-29-18-5-2-12(21)7-16(18)25-10-11(6-19(25)27)20(28)24-9-17(26)14-4-3-13(22)8-15(14)23/h2-5,7-8,11,17,26H,6,9-10H2,1H3,(H,24,28). The highest BCUT2D eigenvalue weighted by Crippen LogP contribution is 2.35. The number of ether oxygens (including phenoxy) is 1. The van der Waals surface area contributed by atoms with Gasteiger partial charge in [0.1, 0.15) is 17.4 Å². The van der Waals surface area contributed by atoms with E-state index in [4.69, 9.17) is 16.3 Å². The summed E-state index contributed by atoms with van der Waals surface area (Å²) in [5, 5.41) is 13.0. The predicted octanol–water partition coefficient (Wildman–Crippen LogP) is 2.83. The van der Waals surface area contributed by atoms with E-state index in [0.717, 1.165) is 12.1 Å². The first kappa shape index (κ1) is 21.0. The Balaban J connectivity index is 1.64. The fourth-order valence-corrected chi connectivity index (χ4v) is 3.38. The molecule has 9 heteroatoms. The maximum atomic E-state index is 13.7. The maximum Gasteiger partial charge on any atom is 0.227 e. The highest BCUT2D eigenvalue weighted by Gasteiger charge is 2.36. The molecule has 29 heavy (non-hydrogen) atoms. The third kappa shape index (κ3) is 4.65. The number of halogens is 3. The summed E-state index contributed by atoms with van der Waals surface area (Å²) < 4.78 is 32.0. The fourth-order valence-electron chi connectivity index (χ4n) is 3.21. The summed E-state index contributed by atoms with van der Waals surface area (Å²) in [6.45, 7) is -0.158. The highest BCUT2D eigenvalue weighted by molar-refractivity contribution is 6.31. The molecule has 0 spiro atoms. The van der Waals surface area contributed by atoms with E-state index in [1.807, 2.05) is 0 Å². The van der Waals surface area contributed by atoms with Crippen molar-refractivity contribution < 1.29 is 28.2 Å². The number of aliphatic hydroxyl groups is 1. The Morgan fingerprint density at radius 1 is 1.34 bits per heavy atom. The number of benzene rings is 2. The Bertz CT molecular complexity index is 941. The summed E-state index contributed by atoms with van der Waals surface area (Å²) in [4.78, 5) is 26.3. The van der Waals surface area contributed by atoms with Gasteiger partial charge in [0, 0.05) is 36.2 Å². The lowest BCUT2D eigenvalue weighted by molar-refractivity contribution is -0.126. The Hall–Kier alpha value is -2.71. The molecule has 0 aromatic heterocycles. The van der Waals surface area contributed by atoms with Crippen molar-refractivity contribution in [1.29, 1.82) is 0 Å². The van der Waals surface area contributed by atoms with Crippen molar-refractivity contribution in [2.24, 2.45) is 5.92 Å². The molecule has 1 aliphatic heterocycles. The Morgan fingerprint density at radius 2 is 2.10 bits per heavy atom. The molecule has 2 atom stereocenters. The third-order valence-electron chi connectivity index (χ3n) is 4.72. The van der Waals surface area contributed by atoms with Gasteiger partial charge in [-0.25, -0.2) is 8.78 Å². The number of carbonyl (C=O) groups is 2. The summed E-state index contributed by atoms with van der Waals surface area (Å²) >= 11 is 6.01. The van der Waals surface area contributed by atoms with E-state index in [1.54, 1.807) is 18.2 Å². The molecule has 2 aromatic rings. The van der Waals surface area contributed by atoms with Crippen LogP contribution in [0.15, 0.2) is 36.4 Å². The molecule has 2 unspecified atom stereocenters. The van der Waals surface area contributed by atoms with Gasteiger partial charge in [0.2, 0.25) is 11.8 Å². The lowest BCUT2D eigenvalue weighted by Crippen LogP contribution is -2.35. The van der Waals surface area contributed by atoms with Crippen LogP contribution in [0.25, 0.3) is 0 Å². The van der Waals surface area contributed by atoms with Gasteiger partial charge >= 0.3 is 0 Å². The molecule has 2 amide bonds. The summed E-state index contributed by atoms with van der Waals surface area (Å²) in [6, 6.07) is 7.64.